The highest BCUT2D eigenvalue weighted by atomic mass is 35.5. The normalized spacial score (nSPS) is 12.2. The van der Waals surface area contributed by atoms with Crippen LogP contribution in [-0.2, 0) is 0 Å². The number of halogens is 1. The molecule has 0 aliphatic rings. The Bertz CT molecular complexity index is 364. The van der Waals surface area contributed by atoms with Crippen LogP contribution < -0.4 is 5.32 Å². The van der Waals surface area contributed by atoms with Crippen LogP contribution in [0.1, 0.15) is 36.7 Å². The molecule has 0 fully saturated rings. The van der Waals surface area contributed by atoms with Crippen LogP contribution >= 0.6 is 11.6 Å². The summed E-state index contributed by atoms with van der Waals surface area (Å²) in [5.74, 6) is 0.0300. The van der Waals surface area contributed by atoms with Crippen LogP contribution in [0.15, 0.2) is 12.1 Å². The van der Waals surface area contributed by atoms with E-state index in [9.17, 15) is 4.79 Å². The third kappa shape index (κ3) is 4.98. The maximum absolute atomic E-state index is 11.7. The summed E-state index contributed by atoms with van der Waals surface area (Å²) in [4.78, 5) is 11.7. The lowest BCUT2D eigenvalue weighted by Gasteiger charge is -2.15. The Morgan fingerprint density at radius 3 is 2.78 bits per heavy atom. The number of amides is 1. The summed E-state index contributed by atoms with van der Waals surface area (Å²) >= 11 is 5.59. The lowest BCUT2D eigenvalue weighted by Crippen LogP contribution is -2.30. The smallest absolute Gasteiger partial charge is 0.271 e. The van der Waals surface area contributed by atoms with Crippen LogP contribution in [-0.4, -0.2) is 34.4 Å². The van der Waals surface area contributed by atoms with Crippen molar-refractivity contribution < 1.29 is 9.90 Å². The Kier molecular flexibility index (Phi) is 6.60. The highest BCUT2D eigenvalue weighted by Crippen LogP contribution is 2.09. The van der Waals surface area contributed by atoms with Gasteiger partial charge in [-0.25, -0.2) is 0 Å². The molecule has 0 aliphatic carbocycles. The summed E-state index contributed by atoms with van der Waals surface area (Å²) in [7, 11) is 0. The van der Waals surface area contributed by atoms with Crippen molar-refractivity contribution in [3.8, 4) is 0 Å². The molecule has 1 heterocycles. The van der Waals surface area contributed by atoms with E-state index in [2.05, 4.69) is 22.4 Å². The Morgan fingerprint density at radius 2 is 2.22 bits per heavy atom. The largest absolute Gasteiger partial charge is 0.396 e. The summed E-state index contributed by atoms with van der Waals surface area (Å²) in [6.07, 6.45) is 2.70. The molecule has 0 aliphatic heterocycles. The Hall–Kier alpha value is -1.20. The first kappa shape index (κ1) is 14.9. The third-order valence-electron chi connectivity index (χ3n) is 2.65. The first-order valence-corrected chi connectivity index (χ1v) is 6.43. The van der Waals surface area contributed by atoms with E-state index in [1.165, 1.54) is 12.1 Å². The maximum Gasteiger partial charge on any atom is 0.271 e. The predicted molar refractivity (Wildman–Crippen MR) is 69.5 cm³/mol. The number of carbonyl (C=O) groups excluding carboxylic acids is 1. The van der Waals surface area contributed by atoms with Crippen LogP contribution in [0.3, 0.4) is 0 Å². The number of carbonyl (C=O) groups is 1. The topological polar surface area (TPSA) is 75.1 Å². The van der Waals surface area contributed by atoms with Gasteiger partial charge in [-0.3, -0.25) is 4.79 Å². The van der Waals surface area contributed by atoms with E-state index in [-0.39, 0.29) is 23.4 Å². The number of aliphatic hydroxyl groups is 1. The second kappa shape index (κ2) is 8.00. The molecule has 0 spiro atoms. The summed E-state index contributed by atoms with van der Waals surface area (Å²) in [6, 6.07) is 3.06. The van der Waals surface area contributed by atoms with Crippen LogP contribution in [0.2, 0.25) is 5.15 Å². The number of aliphatic hydroxyl groups excluding tert-OH is 1. The van der Waals surface area contributed by atoms with Crippen LogP contribution in [0, 0.1) is 5.92 Å². The standard InChI is InChI=1S/C12H18ClN3O2/c1-2-3-9(6-7-17)8-14-12(18)10-4-5-11(13)16-15-10/h4-5,9,17H,2-3,6-8H2,1H3,(H,14,18). The van der Waals surface area contributed by atoms with Gasteiger partial charge in [0, 0.05) is 13.2 Å². The summed E-state index contributed by atoms with van der Waals surface area (Å²) in [6.45, 7) is 2.76. The molecule has 2 N–H and O–H groups in total. The van der Waals surface area contributed by atoms with Crippen LogP contribution in [0.5, 0.6) is 0 Å². The van der Waals surface area contributed by atoms with E-state index in [0.29, 0.717) is 18.9 Å². The highest BCUT2D eigenvalue weighted by molar-refractivity contribution is 6.29. The number of nitrogens with one attached hydrogen (secondary N) is 1. The fourth-order valence-corrected chi connectivity index (χ4v) is 1.80. The van der Waals surface area contributed by atoms with Crippen molar-refractivity contribution in [2.24, 2.45) is 5.92 Å². The van der Waals surface area contributed by atoms with E-state index < -0.39 is 0 Å². The summed E-state index contributed by atoms with van der Waals surface area (Å²) < 4.78 is 0. The molecule has 1 unspecified atom stereocenters. The fourth-order valence-electron chi connectivity index (χ4n) is 1.70. The molecular formula is C12H18ClN3O2. The molecule has 0 saturated heterocycles. The summed E-state index contributed by atoms with van der Waals surface area (Å²) in [5, 5.41) is 19.3. The van der Waals surface area contributed by atoms with E-state index in [1.54, 1.807) is 0 Å². The first-order valence-electron chi connectivity index (χ1n) is 6.05. The molecule has 1 rings (SSSR count). The predicted octanol–water partition coefficient (Wildman–Crippen LogP) is 1.66. The quantitative estimate of drug-likeness (QED) is 0.791. The zero-order chi connectivity index (χ0) is 13.4. The van der Waals surface area contributed by atoms with Crippen molar-refractivity contribution in [2.45, 2.75) is 26.2 Å². The van der Waals surface area contributed by atoms with Crippen LogP contribution in [0.25, 0.3) is 0 Å². The van der Waals surface area contributed by atoms with Crippen molar-refractivity contribution in [1.82, 2.24) is 15.5 Å². The Balaban J connectivity index is 2.46. The lowest BCUT2D eigenvalue weighted by molar-refractivity contribution is 0.0937. The van der Waals surface area contributed by atoms with Crippen molar-refractivity contribution in [3.05, 3.63) is 23.0 Å². The van der Waals surface area contributed by atoms with Gasteiger partial charge in [0.2, 0.25) is 0 Å². The number of rotatable bonds is 7. The zero-order valence-corrected chi connectivity index (χ0v) is 11.2. The Labute approximate surface area is 112 Å². The van der Waals surface area contributed by atoms with Gasteiger partial charge in [0.1, 0.15) is 0 Å². The zero-order valence-electron chi connectivity index (χ0n) is 10.4. The maximum atomic E-state index is 11.7. The minimum absolute atomic E-state index is 0.140. The van der Waals surface area contributed by atoms with Gasteiger partial charge in [0.05, 0.1) is 0 Å². The molecule has 1 aromatic heterocycles. The Morgan fingerprint density at radius 1 is 1.44 bits per heavy atom. The molecule has 100 valence electrons. The molecular weight excluding hydrogens is 254 g/mol. The number of nitrogens with zero attached hydrogens (tertiary/aromatic N) is 2. The fraction of sp³-hybridized carbons (Fsp3) is 0.583. The number of hydrogen-bond donors (Lipinski definition) is 2. The van der Waals surface area contributed by atoms with Crippen molar-refractivity contribution >= 4 is 17.5 Å². The molecule has 6 heteroatoms. The number of aromatic nitrogens is 2. The second-order valence-corrected chi connectivity index (χ2v) is 4.51. The molecule has 1 atom stereocenters. The van der Waals surface area contributed by atoms with Gasteiger partial charge in [-0.05, 0) is 30.9 Å². The third-order valence-corrected chi connectivity index (χ3v) is 2.85. The van der Waals surface area contributed by atoms with E-state index in [4.69, 9.17) is 16.7 Å². The van der Waals surface area contributed by atoms with E-state index in [0.717, 1.165) is 12.8 Å². The van der Waals surface area contributed by atoms with Crippen molar-refractivity contribution in [2.75, 3.05) is 13.2 Å². The average Bonchev–Trinajstić information content (AvgIpc) is 2.37. The lowest BCUT2D eigenvalue weighted by atomic mass is 10.0. The molecule has 5 nitrogen and oxygen atoms in total. The van der Waals surface area contributed by atoms with E-state index >= 15 is 0 Å². The van der Waals surface area contributed by atoms with E-state index in [1.807, 2.05) is 0 Å². The minimum atomic E-state index is -0.266. The van der Waals surface area contributed by atoms with Gasteiger partial charge in [0.25, 0.3) is 5.91 Å². The second-order valence-electron chi connectivity index (χ2n) is 4.12. The monoisotopic (exact) mass is 271 g/mol. The van der Waals surface area contributed by atoms with Crippen molar-refractivity contribution in [1.29, 1.82) is 0 Å². The van der Waals surface area contributed by atoms with Gasteiger partial charge in [-0.1, -0.05) is 24.9 Å². The molecule has 0 saturated carbocycles. The molecule has 18 heavy (non-hydrogen) atoms. The van der Waals surface area contributed by atoms with Gasteiger partial charge < -0.3 is 10.4 Å². The van der Waals surface area contributed by atoms with Gasteiger partial charge >= 0.3 is 0 Å². The number of hydrogen-bond acceptors (Lipinski definition) is 4. The summed E-state index contributed by atoms with van der Waals surface area (Å²) in [5.41, 5.74) is 0.249. The van der Waals surface area contributed by atoms with Crippen LogP contribution in [0.4, 0.5) is 0 Å². The molecule has 0 radical (unpaired) electrons. The van der Waals surface area contributed by atoms with Gasteiger partial charge in [0.15, 0.2) is 10.8 Å². The molecule has 1 aromatic rings. The minimum Gasteiger partial charge on any atom is -0.396 e. The van der Waals surface area contributed by atoms with Crippen molar-refractivity contribution in [3.63, 3.8) is 0 Å². The van der Waals surface area contributed by atoms with Gasteiger partial charge in [-0.15, -0.1) is 10.2 Å². The molecule has 0 bridgehead atoms. The molecule has 0 aromatic carbocycles. The average molecular weight is 272 g/mol. The highest BCUT2D eigenvalue weighted by Gasteiger charge is 2.11. The molecule has 1 amide bonds. The SMILES string of the molecule is CCCC(CCO)CNC(=O)c1ccc(Cl)nn1. The first-order chi connectivity index (χ1) is 8.67. The van der Waals surface area contributed by atoms with Gasteiger partial charge in [-0.2, -0.15) is 0 Å².